The van der Waals surface area contributed by atoms with Crippen molar-refractivity contribution in [3.05, 3.63) is 0 Å². The molecule has 2 fully saturated rings. The Morgan fingerprint density at radius 1 is 0.909 bits per heavy atom. The van der Waals surface area contributed by atoms with E-state index in [4.69, 9.17) is 10.5 Å². The molecule has 2 N–H and O–H groups in total. The molecule has 0 aromatic carbocycles. The van der Waals surface area contributed by atoms with E-state index in [1.165, 1.54) is 25.7 Å². The van der Waals surface area contributed by atoms with Crippen LogP contribution in [0.25, 0.3) is 0 Å². The first kappa shape index (κ1) is 7.56. The second-order valence-electron chi connectivity index (χ2n) is 3.97. The summed E-state index contributed by atoms with van der Waals surface area (Å²) in [4.78, 5) is 0. The van der Waals surface area contributed by atoms with Crippen molar-refractivity contribution in [2.24, 2.45) is 17.6 Å². The molecule has 1 saturated carbocycles. The molecular formula is C9H17NO. The van der Waals surface area contributed by atoms with Crippen molar-refractivity contribution in [3.8, 4) is 0 Å². The lowest BCUT2D eigenvalue weighted by Crippen LogP contribution is -2.38. The van der Waals surface area contributed by atoms with Gasteiger partial charge in [0.25, 0.3) is 0 Å². The zero-order valence-electron chi connectivity index (χ0n) is 6.96. The molecule has 1 heterocycles. The van der Waals surface area contributed by atoms with Crippen LogP contribution in [0.1, 0.15) is 25.7 Å². The van der Waals surface area contributed by atoms with E-state index in [1.807, 2.05) is 0 Å². The predicted molar refractivity (Wildman–Crippen MR) is 44.2 cm³/mol. The van der Waals surface area contributed by atoms with E-state index in [0.29, 0.717) is 6.04 Å². The third kappa shape index (κ3) is 1.57. The zero-order valence-corrected chi connectivity index (χ0v) is 6.96. The van der Waals surface area contributed by atoms with Gasteiger partial charge in [-0.05, 0) is 31.6 Å². The summed E-state index contributed by atoms with van der Waals surface area (Å²) < 4.78 is 5.18. The van der Waals surface area contributed by atoms with E-state index < -0.39 is 0 Å². The van der Waals surface area contributed by atoms with Gasteiger partial charge in [-0.3, -0.25) is 0 Å². The fourth-order valence-corrected chi connectivity index (χ4v) is 2.14. The quantitative estimate of drug-likeness (QED) is 0.616. The summed E-state index contributed by atoms with van der Waals surface area (Å²) in [6.07, 6.45) is 5.16. The van der Waals surface area contributed by atoms with E-state index >= 15 is 0 Å². The van der Waals surface area contributed by atoms with E-state index in [0.717, 1.165) is 25.0 Å². The summed E-state index contributed by atoms with van der Waals surface area (Å²) in [5.41, 5.74) is 5.83. The number of rotatable bonds is 1. The molecule has 2 rings (SSSR count). The van der Waals surface area contributed by atoms with Gasteiger partial charge in [-0.1, -0.05) is 0 Å². The maximum absolute atomic E-state index is 5.83. The van der Waals surface area contributed by atoms with Crippen LogP contribution in [-0.4, -0.2) is 19.3 Å². The molecule has 1 saturated heterocycles. The van der Waals surface area contributed by atoms with Crippen LogP contribution in [0.15, 0.2) is 0 Å². The first-order chi connectivity index (χ1) is 5.36. The van der Waals surface area contributed by atoms with Crippen molar-refractivity contribution in [2.45, 2.75) is 31.7 Å². The molecular weight excluding hydrogens is 138 g/mol. The zero-order chi connectivity index (χ0) is 7.68. The standard InChI is InChI=1S/C9H17NO/c10-9-3-1-7(2-4-9)8-5-11-6-8/h7-9H,1-6,10H2. The molecule has 0 aromatic heterocycles. The van der Waals surface area contributed by atoms with Crippen LogP contribution >= 0.6 is 0 Å². The molecule has 0 bridgehead atoms. The van der Waals surface area contributed by atoms with Crippen LogP contribution < -0.4 is 5.73 Å². The second kappa shape index (κ2) is 3.11. The van der Waals surface area contributed by atoms with Crippen molar-refractivity contribution in [1.82, 2.24) is 0 Å². The minimum absolute atomic E-state index is 0.493. The summed E-state index contributed by atoms with van der Waals surface area (Å²) in [5.74, 6) is 1.81. The number of ether oxygens (including phenoxy) is 1. The van der Waals surface area contributed by atoms with Gasteiger partial charge in [0.05, 0.1) is 13.2 Å². The van der Waals surface area contributed by atoms with Gasteiger partial charge >= 0.3 is 0 Å². The lowest BCUT2D eigenvalue weighted by atomic mass is 9.78. The largest absolute Gasteiger partial charge is 0.381 e. The van der Waals surface area contributed by atoms with Crippen molar-refractivity contribution >= 4 is 0 Å². The number of hydrogen-bond acceptors (Lipinski definition) is 2. The molecule has 0 radical (unpaired) electrons. The Labute approximate surface area is 68.1 Å². The summed E-state index contributed by atoms with van der Waals surface area (Å²) in [6.45, 7) is 2.03. The lowest BCUT2D eigenvalue weighted by Gasteiger charge is -2.37. The topological polar surface area (TPSA) is 35.2 Å². The molecule has 0 aromatic rings. The monoisotopic (exact) mass is 155 g/mol. The Kier molecular flexibility index (Phi) is 2.14. The second-order valence-corrected chi connectivity index (χ2v) is 3.97. The Hall–Kier alpha value is -0.0800. The summed E-state index contributed by atoms with van der Waals surface area (Å²) >= 11 is 0. The van der Waals surface area contributed by atoms with Gasteiger partial charge in [0.2, 0.25) is 0 Å². The van der Waals surface area contributed by atoms with Gasteiger partial charge in [-0.2, -0.15) is 0 Å². The highest BCUT2D eigenvalue weighted by Gasteiger charge is 2.30. The van der Waals surface area contributed by atoms with Gasteiger partial charge in [0, 0.05) is 12.0 Å². The molecule has 2 nitrogen and oxygen atoms in total. The highest BCUT2D eigenvalue weighted by molar-refractivity contribution is 4.81. The third-order valence-corrected chi connectivity index (χ3v) is 3.15. The van der Waals surface area contributed by atoms with Crippen molar-refractivity contribution in [1.29, 1.82) is 0 Å². The highest BCUT2D eigenvalue weighted by Crippen LogP contribution is 2.33. The average molecular weight is 155 g/mol. The van der Waals surface area contributed by atoms with Crippen LogP contribution in [0.4, 0.5) is 0 Å². The van der Waals surface area contributed by atoms with Crippen LogP contribution in [0.2, 0.25) is 0 Å². The van der Waals surface area contributed by atoms with Crippen LogP contribution in [0.5, 0.6) is 0 Å². The summed E-state index contributed by atoms with van der Waals surface area (Å²) in [7, 11) is 0. The highest BCUT2D eigenvalue weighted by atomic mass is 16.5. The minimum atomic E-state index is 0.493. The fourth-order valence-electron chi connectivity index (χ4n) is 2.14. The van der Waals surface area contributed by atoms with E-state index in [-0.39, 0.29) is 0 Å². The Bertz CT molecular complexity index is 126. The summed E-state index contributed by atoms with van der Waals surface area (Å²) in [5, 5.41) is 0. The van der Waals surface area contributed by atoms with E-state index in [9.17, 15) is 0 Å². The van der Waals surface area contributed by atoms with Gasteiger partial charge in [0.1, 0.15) is 0 Å². The maximum atomic E-state index is 5.83. The number of nitrogens with two attached hydrogens (primary N) is 1. The lowest BCUT2D eigenvalue weighted by molar-refractivity contribution is -0.0683. The molecule has 0 amide bonds. The molecule has 2 heteroatoms. The van der Waals surface area contributed by atoms with E-state index in [1.54, 1.807) is 0 Å². The molecule has 11 heavy (non-hydrogen) atoms. The molecule has 1 aliphatic heterocycles. The molecule has 0 atom stereocenters. The molecule has 2 aliphatic rings. The van der Waals surface area contributed by atoms with E-state index in [2.05, 4.69) is 0 Å². The SMILES string of the molecule is NC1CCC(C2COC2)CC1. The third-order valence-electron chi connectivity index (χ3n) is 3.15. The maximum Gasteiger partial charge on any atom is 0.0519 e. The fraction of sp³-hybridized carbons (Fsp3) is 1.00. The molecule has 0 unspecified atom stereocenters. The average Bonchev–Trinajstić information content (AvgIpc) is 1.90. The first-order valence-corrected chi connectivity index (χ1v) is 4.69. The van der Waals surface area contributed by atoms with Gasteiger partial charge in [-0.15, -0.1) is 0 Å². The smallest absolute Gasteiger partial charge is 0.0519 e. The molecule has 64 valence electrons. The molecule has 1 aliphatic carbocycles. The summed E-state index contributed by atoms with van der Waals surface area (Å²) in [6, 6.07) is 0.493. The number of hydrogen-bond donors (Lipinski definition) is 1. The van der Waals surface area contributed by atoms with Crippen LogP contribution in [-0.2, 0) is 4.74 Å². The first-order valence-electron chi connectivity index (χ1n) is 4.69. The van der Waals surface area contributed by atoms with Gasteiger partial charge in [0.15, 0.2) is 0 Å². The minimum Gasteiger partial charge on any atom is -0.381 e. The normalized spacial score (nSPS) is 40.1. The van der Waals surface area contributed by atoms with Crippen molar-refractivity contribution in [2.75, 3.05) is 13.2 Å². The molecule has 0 spiro atoms. The Morgan fingerprint density at radius 2 is 1.55 bits per heavy atom. The van der Waals surface area contributed by atoms with Crippen molar-refractivity contribution < 1.29 is 4.74 Å². The predicted octanol–water partition coefficient (Wildman–Crippen LogP) is 1.15. The van der Waals surface area contributed by atoms with Gasteiger partial charge in [-0.25, -0.2) is 0 Å². The van der Waals surface area contributed by atoms with Gasteiger partial charge < -0.3 is 10.5 Å². The Balaban J connectivity index is 1.77. The van der Waals surface area contributed by atoms with Crippen molar-refractivity contribution in [3.63, 3.8) is 0 Å². The van der Waals surface area contributed by atoms with Crippen LogP contribution in [0, 0.1) is 11.8 Å². The Morgan fingerprint density at radius 3 is 2.00 bits per heavy atom. The van der Waals surface area contributed by atoms with Crippen LogP contribution in [0.3, 0.4) is 0 Å².